The third-order valence-electron chi connectivity index (χ3n) is 6.75. The summed E-state index contributed by atoms with van der Waals surface area (Å²) in [4.78, 5) is 0. The third kappa shape index (κ3) is 4.66. The number of ether oxygens (including phenoxy) is 1. The number of benzene rings is 6. The fourth-order valence-corrected chi connectivity index (χ4v) is 5.36. The maximum absolute atomic E-state index is 5.29. The largest absolute Gasteiger partial charge is 0.380 e. The van der Waals surface area contributed by atoms with Crippen molar-refractivity contribution in [3.63, 3.8) is 0 Å². The van der Waals surface area contributed by atoms with Gasteiger partial charge in [-0.2, -0.15) is 5.10 Å². The normalized spacial score (nSPS) is 11.8. The average Bonchev–Trinajstić information content (AvgIpc) is 2.94. The molecule has 0 saturated heterocycles. The number of hydrogen-bond donors (Lipinski definition) is 0. The number of rotatable bonds is 8. The molecule has 0 fully saturated rings. The van der Waals surface area contributed by atoms with Crippen LogP contribution in [0.15, 0.2) is 108 Å². The summed E-state index contributed by atoms with van der Waals surface area (Å²) in [5, 5.41) is 14.6. The fourth-order valence-electron chi connectivity index (χ4n) is 5.00. The first-order valence-electron chi connectivity index (χ1n) is 12.2. The van der Waals surface area contributed by atoms with Crippen molar-refractivity contribution in [2.45, 2.75) is 13.2 Å². The Morgan fingerprint density at radius 2 is 1.30 bits per heavy atom. The Balaban J connectivity index is 1.47. The van der Waals surface area contributed by atoms with Crippen molar-refractivity contribution in [3.8, 4) is 0 Å². The molecule has 6 rings (SSSR count). The van der Waals surface area contributed by atoms with Crippen LogP contribution in [0.25, 0.3) is 32.3 Å². The van der Waals surface area contributed by atoms with Crippen LogP contribution in [0, 0.1) is 0 Å². The molecule has 37 heavy (non-hydrogen) atoms. The smallest absolute Gasteiger partial charge is 0.110 e. The lowest BCUT2D eigenvalue weighted by Gasteiger charge is -2.20. The summed E-state index contributed by atoms with van der Waals surface area (Å²) in [6.45, 7) is 1.15. The van der Waals surface area contributed by atoms with Crippen LogP contribution in [0.2, 0.25) is 0 Å². The molecule has 0 atom stereocenters. The molecule has 0 N–H and O–H groups in total. The standard InChI is InChI=1S/C32H25IN2O2/c1-36-20-22-8-14-28(15-9-22)35(29-16-10-23(11-17-29)21-37-33)34-19-27-18-26-6-2-4-24-12-13-25-5-3-7-30(27)32(25)31(24)26/h2-19H,20-21H2,1H3/b34-19+. The molecule has 0 heterocycles. The first-order chi connectivity index (χ1) is 18.2. The first kappa shape index (κ1) is 23.9. The second-order valence-electron chi connectivity index (χ2n) is 9.09. The van der Waals surface area contributed by atoms with E-state index in [9.17, 15) is 0 Å². The van der Waals surface area contributed by atoms with Gasteiger partial charge in [0.1, 0.15) is 23.0 Å². The highest BCUT2D eigenvalue weighted by atomic mass is 127. The van der Waals surface area contributed by atoms with E-state index in [4.69, 9.17) is 12.9 Å². The Morgan fingerprint density at radius 3 is 1.95 bits per heavy atom. The van der Waals surface area contributed by atoms with Crippen molar-refractivity contribution in [2.24, 2.45) is 5.10 Å². The van der Waals surface area contributed by atoms with Crippen LogP contribution in [0.1, 0.15) is 16.7 Å². The highest BCUT2D eigenvalue weighted by Gasteiger charge is 2.12. The van der Waals surface area contributed by atoms with E-state index >= 15 is 0 Å². The molecule has 0 unspecified atom stereocenters. The number of halogens is 1. The summed E-state index contributed by atoms with van der Waals surface area (Å²) in [7, 11) is 1.71. The third-order valence-corrected chi connectivity index (χ3v) is 7.06. The van der Waals surface area contributed by atoms with Crippen molar-refractivity contribution < 1.29 is 7.80 Å². The van der Waals surface area contributed by atoms with Crippen molar-refractivity contribution >= 4 is 72.9 Å². The summed E-state index contributed by atoms with van der Waals surface area (Å²) >= 11 is 1.92. The SMILES string of the molecule is COCc1ccc(N(/N=C/c2cc3cccc4ccc5cccc2c5c43)c2ccc(COI)cc2)cc1. The van der Waals surface area contributed by atoms with Crippen LogP contribution in [0.3, 0.4) is 0 Å². The molecule has 0 saturated carbocycles. The van der Waals surface area contributed by atoms with E-state index in [0.29, 0.717) is 13.2 Å². The second kappa shape index (κ2) is 10.5. The average molecular weight is 596 g/mol. The molecule has 6 aromatic rings. The lowest BCUT2D eigenvalue weighted by atomic mass is 9.92. The molecule has 0 radical (unpaired) electrons. The lowest BCUT2D eigenvalue weighted by molar-refractivity contribution is 0.185. The van der Waals surface area contributed by atoms with Crippen molar-refractivity contribution in [3.05, 3.63) is 120 Å². The molecule has 5 heteroatoms. The number of nitrogens with zero attached hydrogens (tertiary/aromatic N) is 2. The summed E-state index contributed by atoms with van der Waals surface area (Å²) in [6.07, 6.45) is 1.98. The maximum Gasteiger partial charge on any atom is 0.110 e. The van der Waals surface area contributed by atoms with Gasteiger partial charge in [0.2, 0.25) is 0 Å². The van der Waals surface area contributed by atoms with E-state index in [-0.39, 0.29) is 0 Å². The molecular formula is C32H25IN2O2. The summed E-state index contributed by atoms with van der Waals surface area (Å²) in [5.74, 6) is 0. The van der Waals surface area contributed by atoms with Crippen molar-refractivity contribution in [1.29, 1.82) is 0 Å². The minimum atomic E-state index is 0.567. The van der Waals surface area contributed by atoms with Gasteiger partial charge in [-0.05, 0) is 73.8 Å². The number of hydrogen-bond acceptors (Lipinski definition) is 4. The van der Waals surface area contributed by atoms with Crippen LogP contribution in [-0.4, -0.2) is 13.3 Å². The van der Waals surface area contributed by atoms with Crippen LogP contribution >= 0.6 is 23.0 Å². The van der Waals surface area contributed by atoms with Gasteiger partial charge in [-0.15, -0.1) is 0 Å². The van der Waals surface area contributed by atoms with Gasteiger partial charge >= 0.3 is 0 Å². The van der Waals surface area contributed by atoms with E-state index in [1.54, 1.807) is 7.11 Å². The van der Waals surface area contributed by atoms with Crippen LogP contribution in [0.4, 0.5) is 11.4 Å². The molecule has 0 amide bonds. The molecular weight excluding hydrogens is 571 g/mol. The highest BCUT2D eigenvalue weighted by Crippen LogP contribution is 2.36. The summed E-state index contributed by atoms with van der Waals surface area (Å²) < 4.78 is 10.6. The van der Waals surface area contributed by atoms with Crippen molar-refractivity contribution in [2.75, 3.05) is 12.1 Å². The zero-order chi connectivity index (χ0) is 25.2. The van der Waals surface area contributed by atoms with Gasteiger partial charge in [-0.1, -0.05) is 72.8 Å². The highest BCUT2D eigenvalue weighted by molar-refractivity contribution is 14.1. The zero-order valence-electron chi connectivity index (χ0n) is 20.4. The van der Waals surface area contributed by atoms with Crippen LogP contribution in [-0.2, 0) is 21.0 Å². The van der Waals surface area contributed by atoms with Gasteiger partial charge in [0.05, 0.1) is 30.8 Å². The Bertz CT molecular complexity index is 1650. The minimum absolute atomic E-state index is 0.567. The summed E-state index contributed by atoms with van der Waals surface area (Å²) in [6, 6.07) is 36.3. The molecule has 0 bridgehead atoms. The van der Waals surface area contributed by atoms with Gasteiger partial charge in [0.25, 0.3) is 0 Å². The monoisotopic (exact) mass is 596 g/mol. The molecule has 0 aliphatic heterocycles. The molecule has 4 nitrogen and oxygen atoms in total. The topological polar surface area (TPSA) is 34.1 Å². The van der Waals surface area contributed by atoms with E-state index in [2.05, 4.69) is 103 Å². The van der Waals surface area contributed by atoms with E-state index < -0.39 is 0 Å². The van der Waals surface area contributed by atoms with Crippen LogP contribution < -0.4 is 5.01 Å². The van der Waals surface area contributed by atoms with Gasteiger partial charge in [0.15, 0.2) is 0 Å². The van der Waals surface area contributed by atoms with E-state index in [0.717, 1.165) is 28.1 Å². The van der Waals surface area contributed by atoms with Gasteiger partial charge in [-0.3, -0.25) is 0 Å². The Morgan fingerprint density at radius 1 is 0.703 bits per heavy atom. The Labute approximate surface area is 230 Å². The second-order valence-corrected chi connectivity index (χ2v) is 9.71. The fraction of sp³-hybridized carbons (Fsp3) is 0.0938. The zero-order valence-corrected chi connectivity index (χ0v) is 22.6. The lowest BCUT2D eigenvalue weighted by Crippen LogP contribution is -2.10. The van der Waals surface area contributed by atoms with E-state index in [1.165, 1.54) is 32.3 Å². The van der Waals surface area contributed by atoms with E-state index in [1.807, 2.05) is 34.2 Å². The minimum Gasteiger partial charge on any atom is -0.380 e. The van der Waals surface area contributed by atoms with Gasteiger partial charge in [0, 0.05) is 12.7 Å². The number of methoxy groups -OCH3 is 1. The van der Waals surface area contributed by atoms with Crippen molar-refractivity contribution in [1.82, 2.24) is 0 Å². The van der Waals surface area contributed by atoms with Gasteiger partial charge in [-0.25, -0.2) is 5.01 Å². The number of anilines is 2. The maximum atomic E-state index is 5.29. The molecule has 0 aromatic heterocycles. The predicted molar refractivity (Wildman–Crippen MR) is 162 cm³/mol. The first-order valence-corrected chi connectivity index (χ1v) is 13.0. The number of hydrazone groups is 1. The van der Waals surface area contributed by atoms with Crippen LogP contribution in [0.5, 0.6) is 0 Å². The quantitative estimate of drug-likeness (QED) is 0.0763. The summed E-state index contributed by atoms with van der Waals surface area (Å²) in [5.41, 5.74) is 5.28. The Kier molecular flexibility index (Phi) is 6.74. The van der Waals surface area contributed by atoms with Gasteiger partial charge < -0.3 is 7.80 Å². The predicted octanol–water partition coefficient (Wildman–Crippen LogP) is 8.77. The molecule has 0 aliphatic rings. The Hall–Kier alpha value is -3.52. The molecule has 182 valence electrons. The molecule has 0 aliphatic carbocycles. The molecule has 6 aromatic carbocycles. The molecule has 0 spiro atoms.